The minimum atomic E-state index is -2.15. The van der Waals surface area contributed by atoms with E-state index in [1.54, 1.807) is 12.5 Å². The van der Waals surface area contributed by atoms with E-state index in [2.05, 4.69) is 16.3 Å². The number of likely N-dealkylation sites (N-methyl/N-ethyl adjacent to an activating group) is 1. The summed E-state index contributed by atoms with van der Waals surface area (Å²) >= 11 is 0. The molecule has 0 unspecified atom stereocenters. The molecule has 6 heteroatoms. The summed E-state index contributed by atoms with van der Waals surface area (Å²) in [5.41, 5.74) is 3.52. The molecule has 1 amide bonds. The lowest BCUT2D eigenvalue weighted by molar-refractivity contribution is 0.0664. The van der Waals surface area contributed by atoms with Gasteiger partial charge in [0, 0.05) is 54.0 Å². The van der Waals surface area contributed by atoms with E-state index in [-0.39, 0.29) is 5.91 Å². The lowest BCUT2D eigenvalue weighted by Gasteiger charge is -2.32. The maximum Gasteiger partial charge on any atom is 0.253 e. The van der Waals surface area contributed by atoms with Crippen molar-refractivity contribution in [3.8, 4) is 11.1 Å². The molecule has 0 saturated carbocycles. The maximum absolute atomic E-state index is 12.6. The highest BCUT2D eigenvalue weighted by atomic mass is 32.2. The van der Waals surface area contributed by atoms with Gasteiger partial charge >= 0.3 is 0 Å². The van der Waals surface area contributed by atoms with E-state index in [9.17, 15) is 9.00 Å². The maximum atomic E-state index is 12.6. The van der Waals surface area contributed by atoms with Gasteiger partial charge in [-0.3, -0.25) is 4.79 Å². The third-order valence-electron chi connectivity index (χ3n) is 4.45. The first kappa shape index (κ1) is 18.6. The Hall–Kier alpha value is -2.18. The normalized spacial score (nSPS) is 15.7. The molecule has 2 aromatic rings. The van der Waals surface area contributed by atoms with Crippen molar-refractivity contribution in [1.82, 2.24) is 9.80 Å². The van der Waals surface area contributed by atoms with Gasteiger partial charge in [0.05, 0.1) is 5.69 Å². The fourth-order valence-electron chi connectivity index (χ4n) is 2.97. The Labute approximate surface area is 155 Å². The van der Waals surface area contributed by atoms with Crippen molar-refractivity contribution in [2.24, 2.45) is 4.36 Å². The van der Waals surface area contributed by atoms with E-state index < -0.39 is 9.73 Å². The molecule has 1 aliphatic heterocycles. The highest BCUT2D eigenvalue weighted by molar-refractivity contribution is 7.92. The van der Waals surface area contributed by atoms with Gasteiger partial charge in [-0.15, -0.1) is 0 Å². The van der Waals surface area contributed by atoms with Gasteiger partial charge in [0.15, 0.2) is 0 Å². The highest BCUT2D eigenvalue weighted by Crippen LogP contribution is 2.24. The summed E-state index contributed by atoms with van der Waals surface area (Å²) in [6.45, 7) is 3.40. The topological polar surface area (TPSA) is 53.0 Å². The van der Waals surface area contributed by atoms with E-state index in [0.29, 0.717) is 5.69 Å². The van der Waals surface area contributed by atoms with Crippen molar-refractivity contribution < 1.29 is 9.00 Å². The molecule has 0 radical (unpaired) electrons. The molecule has 2 aromatic carbocycles. The predicted molar refractivity (Wildman–Crippen MR) is 107 cm³/mol. The Morgan fingerprint density at radius 2 is 1.38 bits per heavy atom. The first-order valence-electron chi connectivity index (χ1n) is 8.67. The van der Waals surface area contributed by atoms with Crippen LogP contribution in [-0.2, 0) is 9.73 Å². The zero-order valence-electron chi connectivity index (χ0n) is 15.5. The zero-order chi connectivity index (χ0) is 18.7. The molecule has 0 N–H and O–H groups in total. The second kappa shape index (κ2) is 7.60. The SMILES string of the molecule is CN1CCN(C(=O)c2ccc(-c3ccc(N=S(C)(C)=O)cc3)cc2)CC1. The van der Waals surface area contributed by atoms with Gasteiger partial charge in [0.2, 0.25) is 0 Å². The van der Waals surface area contributed by atoms with E-state index >= 15 is 0 Å². The quantitative estimate of drug-likeness (QED) is 0.833. The standard InChI is InChI=1S/C20H25N3O2S/c1-22-12-14-23(15-13-22)20(24)18-6-4-16(5-7-18)17-8-10-19(11-9-17)21-26(2,3)25/h4-11H,12-15H2,1-3H3. The van der Waals surface area contributed by atoms with Gasteiger partial charge in [-0.05, 0) is 42.4 Å². The van der Waals surface area contributed by atoms with E-state index in [1.807, 2.05) is 53.4 Å². The fraction of sp³-hybridized carbons (Fsp3) is 0.350. The van der Waals surface area contributed by atoms with Crippen LogP contribution in [0.15, 0.2) is 52.9 Å². The van der Waals surface area contributed by atoms with Gasteiger partial charge in [-0.1, -0.05) is 24.3 Å². The Morgan fingerprint density at radius 1 is 0.885 bits per heavy atom. The van der Waals surface area contributed by atoms with Crippen LogP contribution in [0.3, 0.4) is 0 Å². The van der Waals surface area contributed by atoms with Gasteiger partial charge in [0.25, 0.3) is 5.91 Å². The summed E-state index contributed by atoms with van der Waals surface area (Å²) in [5, 5.41) is 0. The average molecular weight is 372 g/mol. The van der Waals surface area contributed by atoms with Crippen molar-refractivity contribution in [3.63, 3.8) is 0 Å². The smallest absolute Gasteiger partial charge is 0.253 e. The molecule has 0 aromatic heterocycles. The molecule has 1 fully saturated rings. The molecule has 5 nitrogen and oxygen atoms in total. The summed E-state index contributed by atoms with van der Waals surface area (Å²) in [5.74, 6) is 0.0967. The molecule has 3 rings (SSSR count). The van der Waals surface area contributed by atoms with Crippen LogP contribution in [0.4, 0.5) is 5.69 Å². The van der Waals surface area contributed by atoms with E-state index in [1.165, 1.54) is 0 Å². The van der Waals surface area contributed by atoms with Crippen molar-refractivity contribution in [2.45, 2.75) is 0 Å². The largest absolute Gasteiger partial charge is 0.336 e. The summed E-state index contributed by atoms with van der Waals surface area (Å²) in [4.78, 5) is 16.7. The fourth-order valence-corrected chi connectivity index (χ4v) is 3.60. The van der Waals surface area contributed by atoms with Gasteiger partial charge in [0.1, 0.15) is 0 Å². The summed E-state index contributed by atoms with van der Waals surface area (Å²) in [6.07, 6.45) is 3.24. The Balaban J connectivity index is 1.73. The molecule has 0 spiro atoms. The molecular formula is C20H25N3O2S. The Morgan fingerprint density at radius 3 is 1.88 bits per heavy atom. The summed E-state index contributed by atoms with van der Waals surface area (Å²) in [7, 11) is -0.0763. The van der Waals surface area contributed by atoms with Gasteiger partial charge in [-0.2, -0.15) is 4.36 Å². The number of carbonyl (C=O) groups is 1. The van der Waals surface area contributed by atoms with Gasteiger partial charge < -0.3 is 9.80 Å². The Bertz CT molecular complexity index is 882. The minimum absolute atomic E-state index is 0.0967. The monoisotopic (exact) mass is 371 g/mol. The number of benzene rings is 2. The number of hydrogen-bond acceptors (Lipinski definition) is 4. The molecular weight excluding hydrogens is 346 g/mol. The lowest BCUT2D eigenvalue weighted by Crippen LogP contribution is -2.47. The predicted octanol–water partition coefficient (Wildman–Crippen LogP) is 3.10. The second-order valence-electron chi connectivity index (χ2n) is 6.99. The first-order valence-corrected chi connectivity index (χ1v) is 11.0. The number of carbonyl (C=O) groups excluding carboxylic acids is 1. The van der Waals surface area contributed by atoms with Crippen LogP contribution in [0.5, 0.6) is 0 Å². The van der Waals surface area contributed by atoms with Crippen LogP contribution in [0.25, 0.3) is 11.1 Å². The zero-order valence-corrected chi connectivity index (χ0v) is 16.3. The van der Waals surface area contributed by atoms with Crippen LogP contribution in [-0.4, -0.2) is 65.7 Å². The van der Waals surface area contributed by atoms with Crippen molar-refractivity contribution >= 4 is 21.3 Å². The van der Waals surface area contributed by atoms with Crippen LogP contribution in [0, 0.1) is 0 Å². The average Bonchev–Trinajstić information content (AvgIpc) is 2.61. The van der Waals surface area contributed by atoms with Crippen LogP contribution >= 0.6 is 0 Å². The third-order valence-corrected chi connectivity index (χ3v) is 5.10. The molecule has 138 valence electrons. The van der Waals surface area contributed by atoms with Crippen molar-refractivity contribution in [2.75, 3.05) is 45.7 Å². The summed E-state index contributed by atoms with van der Waals surface area (Å²) < 4.78 is 16.0. The Kier molecular flexibility index (Phi) is 5.44. The number of nitrogens with zero attached hydrogens (tertiary/aromatic N) is 3. The molecule has 0 bridgehead atoms. The lowest BCUT2D eigenvalue weighted by atomic mass is 10.0. The van der Waals surface area contributed by atoms with Gasteiger partial charge in [-0.25, -0.2) is 4.21 Å². The molecule has 1 aliphatic rings. The molecule has 0 atom stereocenters. The second-order valence-corrected chi connectivity index (χ2v) is 9.54. The van der Waals surface area contributed by atoms with E-state index in [4.69, 9.17) is 0 Å². The molecule has 1 saturated heterocycles. The van der Waals surface area contributed by atoms with Crippen LogP contribution < -0.4 is 0 Å². The molecule has 26 heavy (non-hydrogen) atoms. The molecule has 0 aliphatic carbocycles. The number of piperazine rings is 1. The third kappa shape index (κ3) is 4.71. The van der Waals surface area contributed by atoms with E-state index in [0.717, 1.165) is 42.9 Å². The number of hydrogen-bond donors (Lipinski definition) is 0. The number of rotatable bonds is 3. The molecule has 1 heterocycles. The van der Waals surface area contributed by atoms with Crippen LogP contribution in [0.1, 0.15) is 10.4 Å². The highest BCUT2D eigenvalue weighted by Gasteiger charge is 2.20. The van der Waals surface area contributed by atoms with Crippen molar-refractivity contribution in [3.05, 3.63) is 54.1 Å². The number of amides is 1. The van der Waals surface area contributed by atoms with Crippen LogP contribution in [0.2, 0.25) is 0 Å². The first-order chi connectivity index (χ1) is 12.3. The summed E-state index contributed by atoms with van der Waals surface area (Å²) in [6, 6.07) is 15.4. The minimum Gasteiger partial charge on any atom is -0.336 e. The van der Waals surface area contributed by atoms with Crippen molar-refractivity contribution in [1.29, 1.82) is 0 Å².